The fourth-order valence-electron chi connectivity index (χ4n) is 4.26. The number of benzene rings is 1. The average Bonchev–Trinajstić information content (AvgIpc) is 2.88. The summed E-state index contributed by atoms with van der Waals surface area (Å²) >= 11 is 0. The van der Waals surface area contributed by atoms with Crippen molar-refractivity contribution in [2.24, 2.45) is 0 Å². The minimum Gasteiger partial charge on any atom is -0.308 e. The molecule has 0 spiro atoms. The van der Waals surface area contributed by atoms with Crippen LogP contribution in [0.15, 0.2) is 24.3 Å². The Morgan fingerprint density at radius 3 is 2.62 bits per heavy atom. The lowest BCUT2D eigenvalue weighted by Gasteiger charge is -2.38. The van der Waals surface area contributed by atoms with Crippen LogP contribution >= 0.6 is 0 Å². The summed E-state index contributed by atoms with van der Waals surface area (Å²) in [5, 5.41) is 3.94. The number of aryl methyl sites for hydroxylation is 1. The third kappa shape index (κ3) is 3.17. The molecule has 2 aliphatic rings. The summed E-state index contributed by atoms with van der Waals surface area (Å²) < 4.78 is 0. The number of fused-ring (bicyclic) bond motifs is 1. The Kier molecular flexibility index (Phi) is 4.66. The van der Waals surface area contributed by atoms with Gasteiger partial charge in [0.15, 0.2) is 0 Å². The number of likely N-dealkylation sites (N-methyl/N-ethyl adjacent to an activating group) is 1. The van der Waals surface area contributed by atoms with E-state index >= 15 is 0 Å². The number of nitrogens with zero attached hydrogens (tertiary/aromatic N) is 1. The van der Waals surface area contributed by atoms with Gasteiger partial charge in [-0.25, -0.2) is 0 Å². The van der Waals surface area contributed by atoms with Gasteiger partial charge in [0.25, 0.3) is 0 Å². The first-order chi connectivity index (χ1) is 10.2. The maximum absolute atomic E-state index is 3.94. The molecular weight excluding hydrogens is 256 g/mol. The Labute approximate surface area is 129 Å². The average molecular weight is 286 g/mol. The summed E-state index contributed by atoms with van der Waals surface area (Å²) in [6, 6.07) is 9.62. The third-order valence-corrected chi connectivity index (χ3v) is 5.78. The van der Waals surface area contributed by atoms with Crippen LogP contribution in [0.25, 0.3) is 0 Å². The molecule has 0 saturated heterocycles. The zero-order valence-corrected chi connectivity index (χ0v) is 13.7. The van der Waals surface area contributed by atoms with E-state index in [-0.39, 0.29) is 0 Å². The number of hydrogen-bond acceptors (Lipinski definition) is 2. The van der Waals surface area contributed by atoms with Gasteiger partial charge in [-0.1, -0.05) is 43.5 Å². The smallest absolute Gasteiger partial charge is 0.0328 e. The summed E-state index contributed by atoms with van der Waals surface area (Å²) in [7, 11) is 4.52. The molecule has 0 aliphatic heterocycles. The van der Waals surface area contributed by atoms with Crippen molar-refractivity contribution in [1.29, 1.82) is 0 Å². The van der Waals surface area contributed by atoms with Gasteiger partial charge in [0, 0.05) is 18.1 Å². The molecule has 2 heteroatoms. The van der Waals surface area contributed by atoms with Gasteiger partial charge in [-0.05, 0) is 57.3 Å². The topological polar surface area (TPSA) is 15.3 Å². The van der Waals surface area contributed by atoms with Gasteiger partial charge in [-0.2, -0.15) is 0 Å². The molecule has 116 valence electrons. The lowest BCUT2D eigenvalue weighted by atomic mass is 9.93. The van der Waals surface area contributed by atoms with Crippen LogP contribution in [0.3, 0.4) is 0 Å². The summed E-state index contributed by atoms with van der Waals surface area (Å²) in [5.74, 6) is 0. The second-order valence-electron chi connectivity index (χ2n) is 7.20. The molecule has 0 bridgehead atoms. The van der Waals surface area contributed by atoms with Crippen molar-refractivity contribution >= 4 is 0 Å². The summed E-state index contributed by atoms with van der Waals surface area (Å²) in [6.07, 6.45) is 10.7. The molecule has 3 rings (SSSR count). The highest BCUT2D eigenvalue weighted by Gasteiger charge is 2.36. The second kappa shape index (κ2) is 6.50. The monoisotopic (exact) mass is 286 g/mol. The van der Waals surface area contributed by atoms with E-state index in [1.165, 1.54) is 51.4 Å². The fraction of sp³-hybridized carbons (Fsp3) is 0.684. The highest BCUT2D eigenvalue weighted by Crippen LogP contribution is 2.35. The molecule has 0 amide bonds. The van der Waals surface area contributed by atoms with Crippen molar-refractivity contribution in [2.75, 3.05) is 20.6 Å². The minimum atomic E-state index is 0.390. The van der Waals surface area contributed by atoms with Crippen LogP contribution in [-0.4, -0.2) is 31.1 Å². The highest BCUT2D eigenvalue weighted by molar-refractivity contribution is 5.31. The lowest BCUT2D eigenvalue weighted by molar-refractivity contribution is 0.148. The third-order valence-electron chi connectivity index (χ3n) is 5.78. The lowest BCUT2D eigenvalue weighted by Crippen LogP contribution is -2.50. The molecule has 1 atom stereocenters. The van der Waals surface area contributed by atoms with E-state index in [4.69, 9.17) is 0 Å². The van der Waals surface area contributed by atoms with Crippen LogP contribution in [0, 0.1) is 0 Å². The molecule has 1 unspecified atom stereocenters. The molecule has 1 aromatic carbocycles. The predicted octanol–water partition coefficient (Wildman–Crippen LogP) is 3.92. The van der Waals surface area contributed by atoms with Gasteiger partial charge in [-0.15, -0.1) is 0 Å². The van der Waals surface area contributed by atoms with Crippen molar-refractivity contribution in [2.45, 2.75) is 62.9 Å². The Morgan fingerprint density at radius 1 is 1.10 bits per heavy atom. The first-order valence-corrected chi connectivity index (χ1v) is 8.70. The van der Waals surface area contributed by atoms with Gasteiger partial charge in [0.05, 0.1) is 0 Å². The molecule has 1 saturated carbocycles. The maximum Gasteiger partial charge on any atom is 0.0328 e. The SMILES string of the molecule is CN(C)C1(CNC2CCCCc3ccccc32)CCCC1. The van der Waals surface area contributed by atoms with E-state index in [9.17, 15) is 0 Å². The summed E-state index contributed by atoms with van der Waals surface area (Å²) in [4.78, 5) is 2.47. The molecule has 2 nitrogen and oxygen atoms in total. The Bertz CT molecular complexity index is 460. The van der Waals surface area contributed by atoms with Crippen LogP contribution in [-0.2, 0) is 6.42 Å². The molecule has 0 heterocycles. The zero-order chi connectivity index (χ0) is 14.7. The van der Waals surface area contributed by atoms with Crippen LogP contribution in [0.4, 0.5) is 0 Å². The van der Waals surface area contributed by atoms with Crippen molar-refractivity contribution in [3.63, 3.8) is 0 Å². The van der Waals surface area contributed by atoms with Crippen molar-refractivity contribution < 1.29 is 0 Å². The maximum atomic E-state index is 3.94. The molecule has 0 aromatic heterocycles. The number of nitrogens with one attached hydrogen (secondary N) is 1. The Balaban J connectivity index is 1.72. The zero-order valence-electron chi connectivity index (χ0n) is 13.7. The highest BCUT2D eigenvalue weighted by atomic mass is 15.2. The normalized spacial score (nSPS) is 24.8. The summed E-state index contributed by atoms with van der Waals surface area (Å²) in [5.41, 5.74) is 3.51. The van der Waals surface area contributed by atoms with Crippen LogP contribution in [0.5, 0.6) is 0 Å². The number of hydrogen-bond donors (Lipinski definition) is 1. The van der Waals surface area contributed by atoms with E-state index in [0.29, 0.717) is 11.6 Å². The molecule has 21 heavy (non-hydrogen) atoms. The van der Waals surface area contributed by atoms with Crippen molar-refractivity contribution in [3.05, 3.63) is 35.4 Å². The van der Waals surface area contributed by atoms with E-state index in [0.717, 1.165) is 6.54 Å². The van der Waals surface area contributed by atoms with E-state index in [2.05, 4.69) is 48.6 Å². The predicted molar refractivity (Wildman–Crippen MR) is 89.6 cm³/mol. The van der Waals surface area contributed by atoms with Gasteiger partial charge in [-0.3, -0.25) is 0 Å². The summed E-state index contributed by atoms with van der Waals surface area (Å²) in [6.45, 7) is 1.14. The largest absolute Gasteiger partial charge is 0.308 e. The van der Waals surface area contributed by atoms with Crippen LogP contribution in [0.1, 0.15) is 62.1 Å². The molecule has 1 N–H and O–H groups in total. The van der Waals surface area contributed by atoms with Crippen LogP contribution < -0.4 is 5.32 Å². The van der Waals surface area contributed by atoms with Crippen molar-refractivity contribution in [1.82, 2.24) is 10.2 Å². The Morgan fingerprint density at radius 2 is 1.86 bits per heavy atom. The Hall–Kier alpha value is -0.860. The van der Waals surface area contributed by atoms with E-state index in [1.54, 1.807) is 11.1 Å². The molecule has 1 fully saturated rings. The van der Waals surface area contributed by atoms with Gasteiger partial charge >= 0.3 is 0 Å². The minimum absolute atomic E-state index is 0.390. The van der Waals surface area contributed by atoms with E-state index < -0.39 is 0 Å². The molecule has 1 aromatic rings. The van der Waals surface area contributed by atoms with Gasteiger partial charge in [0.1, 0.15) is 0 Å². The second-order valence-corrected chi connectivity index (χ2v) is 7.20. The standard InChI is InChI=1S/C19H30N2/c1-21(2)19(13-7-8-14-19)15-20-18-12-6-4-10-16-9-3-5-11-17(16)18/h3,5,9,11,18,20H,4,6-8,10,12-15H2,1-2H3. The van der Waals surface area contributed by atoms with Gasteiger partial charge in [0.2, 0.25) is 0 Å². The molecular formula is C19H30N2. The molecule has 0 radical (unpaired) electrons. The van der Waals surface area contributed by atoms with Gasteiger partial charge < -0.3 is 10.2 Å². The fourth-order valence-corrected chi connectivity index (χ4v) is 4.26. The molecule has 2 aliphatic carbocycles. The van der Waals surface area contributed by atoms with Crippen molar-refractivity contribution in [3.8, 4) is 0 Å². The van der Waals surface area contributed by atoms with E-state index in [1.807, 2.05) is 0 Å². The first-order valence-electron chi connectivity index (χ1n) is 8.70. The number of rotatable bonds is 4. The van der Waals surface area contributed by atoms with Crippen LogP contribution in [0.2, 0.25) is 0 Å². The quantitative estimate of drug-likeness (QED) is 0.844. The first kappa shape index (κ1) is 15.1.